The molecule has 8 heteroatoms. The number of nitrogen functional groups attached to an aromatic ring is 1. The van der Waals surface area contributed by atoms with Gasteiger partial charge in [0, 0.05) is 24.7 Å². The molecule has 2 rings (SSSR count). The minimum Gasteiger partial charge on any atom is -0.444 e. The molecule has 0 saturated carbocycles. The molecule has 26 heavy (non-hydrogen) atoms. The zero-order valence-corrected chi connectivity index (χ0v) is 16.8. The van der Waals surface area contributed by atoms with Crippen molar-refractivity contribution in [1.82, 2.24) is 4.90 Å². The second-order valence-electron chi connectivity index (χ2n) is 7.30. The van der Waals surface area contributed by atoms with Gasteiger partial charge in [-0.1, -0.05) is 12.1 Å². The zero-order chi connectivity index (χ0) is 20.0. The Morgan fingerprint density at radius 1 is 1.31 bits per heavy atom. The Balaban J connectivity index is 0.000000487. The molecule has 0 spiro atoms. The first-order valence-corrected chi connectivity index (χ1v) is 10.3. The molecule has 1 aromatic rings. The molecule has 1 aliphatic heterocycles. The van der Waals surface area contributed by atoms with Gasteiger partial charge in [0.25, 0.3) is 10.1 Å². The van der Waals surface area contributed by atoms with Gasteiger partial charge in [-0.2, -0.15) is 8.42 Å². The van der Waals surface area contributed by atoms with Crippen molar-refractivity contribution in [1.29, 1.82) is 0 Å². The lowest BCUT2D eigenvalue weighted by Crippen LogP contribution is -2.42. The van der Waals surface area contributed by atoms with Gasteiger partial charge in [-0.05, 0) is 58.2 Å². The van der Waals surface area contributed by atoms with Gasteiger partial charge in [0.15, 0.2) is 0 Å². The van der Waals surface area contributed by atoms with Gasteiger partial charge in [0.2, 0.25) is 0 Å². The molecule has 1 aliphatic rings. The van der Waals surface area contributed by atoms with Gasteiger partial charge in [-0.25, -0.2) is 4.79 Å². The highest BCUT2D eigenvalue weighted by atomic mass is 32.2. The molecule has 148 valence electrons. The average molecular weight is 387 g/mol. The van der Waals surface area contributed by atoms with Crippen molar-refractivity contribution in [3.63, 3.8) is 0 Å². The van der Waals surface area contributed by atoms with E-state index >= 15 is 0 Å². The number of ether oxygens (including phenoxy) is 1. The predicted molar refractivity (Wildman–Crippen MR) is 103 cm³/mol. The number of hydrogen-bond acceptors (Lipinski definition) is 5. The van der Waals surface area contributed by atoms with Crippen LogP contribution < -0.4 is 5.73 Å². The van der Waals surface area contributed by atoms with Crippen LogP contribution in [0.25, 0.3) is 0 Å². The van der Waals surface area contributed by atoms with Crippen LogP contribution in [0, 0.1) is 0 Å². The van der Waals surface area contributed by atoms with E-state index in [9.17, 15) is 13.2 Å². The van der Waals surface area contributed by atoms with Gasteiger partial charge in [-0.15, -0.1) is 0 Å². The quantitative estimate of drug-likeness (QED) is 0.596. The molecule has 0 bridgehead atoms. The lowest BCUT2D eigenvalue weighted by molar-refractivity contribution is 0.0198. The molecule has 0 aromatic heterocycles. The summed E-state index contributed by atoms with van der Waals surface area (Å²) >= 11 is 0. The Morgan fingerprint density at radius 3 is 2.31 bits per heavy atom. The highest BCUT2D eigenvalue weighted by Gasteiger charge is 2.28. The fraction of sp³-hybridized carbons (Fsp3) is 0.611. The largest absolute Gasteiger partial charge is 0.444 e. The third-order valence-electron chi connectivity index (χ3n) is 3.85. The van der Waals surface area contributed by atoms with Crippen LogP contribution in [0.1, 0.15) is 52.0 Å². The van der Waals surface area contributed by atoms with Crippen LogP contribution >= 0.6 is 0 Å². The van der Waals surface area contributed by atoms with E-state index in [0.29, 0.717) is 5.92 Å². The van der Waals surface area contributed by atoms with Crippen LogP contribution in [0.2, 0.25) is 0 Å². The van der Waals surface area contributed by atoms with E-state index in [1.54, 1.807) is 0 Å². The Morgan fingerprint density at radius 2 is 1.85 bits per heavy atom. The monoisotopic (exact) mass is 386 g/mol. The highest BCUT2D eigenvalue weighted by molar-refractivity contribution is 7.85. The molecular formula is C18H30N2O5S. The number of amides is 1. The lowest BCUT2D eigenvalue weighted by atomic mass is 9.91. The number of piperidine rings is 1. The lowest BCUT2D eigenvalue weighted by Gasteiger charge is -2.34. The van der Waals surface area contributed by atoms with Crippen LogP contribution in [0.4, 0.5) is 10.5 Å². The van der Waals surface area contributed by atoms with Gasteiger partial charge < -0.3 is 15.4 Å². The van der Waals surface area contributed by atoms with Crippen molar-refractivity contribution in [2.45, 2.75) is 52.1 Å². The molecular weight excluding hydrogens is 356 g/mol. The number of carbonyl (C=O) groups is 1. The van der Waals surface area contributed by atoms with Gasteiger partial charge >= 0.3 is 6.09 Å². The number of anilines is 1. The maximum atomic E-state index is 12.1. The Bertz CT molecular complexity index is 681. The Kier molecular flexibility index (Phi) is 7.89. The van der Waals surface area contributed by atoms with E-state index in [2.05, 4.69) is 12.1 Å². The molecule has 3 N–H and O–H groups in total. The maximum absolute atomic E-state index is 12.1. The summed E-state index contributed by atoms with van der Waals surface area (Å²) in [5, 5.41) is 0. The first kappa shape index (κ1) is 22.2. The standard InChI is InChI=1S/C16H24N2O2.C2H6O3S/c1-16(2,3)20-15(19)18-10-4-5-13(11-18)12-6-8-14(17)9-7-12;1-2-6(3,4)5/h6-9,13H,4-5,10-11,17H2,1-3H3;2H2,1H3,(H,3,4,5). The summed E-state index contributed by atoms with van der Waals surface area (Å²) in [4.78, 5) is 13.9. The van der Waals surface area contributed by atoms with E-state index in [0.717, 1.165) is 31.6 Å². The number of carbonyl (C=O) groups excluding carboxylic acids is 1. The maximum Gasteiger partial charge on any atom is 0.410 e. The second-order valence-corrected chi connectivity index (χ2v) is 9.04. The summed E-state index contributed by atoms with van der Waals surface area (Å²) in [5.74, 6) is 0.171. The summed E-state index contributed by atoms with van der Waals surface area (Å²) in [6.07, 6.45) is 1.90. The van der Waals surface area contributed by atoms with E-state index in [1.165, 1.54) is 12.5 Å². The fourth-order valence-electron chi connectivity index (χ4n) is 2.51. The Hall–Kier alpha value is -1.80. The third-order valence-corrected chi connectivity index (χ3v) is 4.58. The summed E-state index contributed by atoms with van der Waals surface area (Å²) in [7, 11) is -3.66. The minimum absolute atomic E-state index is 0.201. The van der Waals surface area contributed by atoms with Crippen LogP contribution in [-0.2, 0) is 14.9 Å². The smallest absolute Gasteiger partial charge is 0.410 e. The molecule has 1 fully saturated rings. The number of likely N-dealkylation sites (tertiary alicyclic amines) is 1. The summed E-state index contributed by atoms with van der Waals surface area (Å²) in [5.41, 5.74) is 7.29. The molecule has 1 aromatic carbocycles. The molecule has 1 unspecified atom stereocenters. The van der Waals surface area contributed by atoms with E-state index in [-0.39, 0.29) is 11.8 Å². The van der Waals surface area contributed by atoms with E-state index in [4.69, 9.17) is 15.0 Å². The first-order chi connectivity index (χ1) is 11.9. The molecule has 1 amide bonds. The normalized spacial score (nSPS) is 17.9. The van der Waals surface area contributed by atoms with Gasteiger partial charge in [0.05, 0.1) is 5.75 Å². The minimum atomic E-state index is -3.66. The van der Waals surface area contributed by atoms with Crippen molar-refractivity contribution < 1.29 is 22.5 Å². The predicted octanol–water partition coefficient (Wildman–Crippen LogP) is 3.28. The molecule has 0 aliphatic carbocycles. The van der Waals surface area contributed by atoms with Crippen LogP contribution in [-0.4, -0.2) is 48.4 Å². The third kappa shape index (κ3) is 8.53. The van der Waals surface area contributed by atoms with Gasteiger partial charge in [-0.3, -0.25) is 4.55 Å². The average Bonchev–Trinajstić information content (AvgIpc) is 2.54. The Labute approximate surface area is 156 Å². The van der Waals surface area contributed by atoms with Crippen molar-refractivity contribution in [3.05, 3.63) is 29.8 Å². The van der Waals surface area contributed by atoms with Gasteiger partial charge in [0.1, 0.15) is 5.60 Å². The molecule has 1 saturated heterocycles. The van der Waals surface area contributed by atoms with E-state index < -0.39 is 15.7 Å². The topological polar surface area (TPSA) is 110 Å². The van der Waals surface area contributed by atoms with Crippen LogP contribution in [0.5, 0.6) is 0 Å². The van der Waals surface area contributed by atoms with Crippen molar-refractivity contribution in [2.75, 3.05) is 24.6 Å². The van der Waals surface area contributed by atoms with E-state index in [1.807, 2.05) is 37.8 Å². The highest BCUT2D eigenvalue weighted by Crippen LogP contribution is 2.28. The summed E-state index contributed by atoms with van der Waals surface area (Å²) < 4.78 is 32.4. The zero-order valence-electron chi connectivity index (χ0n) is 15.9. The number of nitrogens with zero attached hydrogens (tertiary/aromatic N) is 1. The first-order valence-electron chi connectivity index (χ1n) is 8.70. The molecule has 0 radical (unpaired) electrons. The van der Waals surface area contributed by atoms with Crippen LogP contribution in [0.15, 0.2) is 24.3 Å². The van der Waals surface area contributed by atoms with Crippen molar-refractivity contribution in [3.8, 4) is 0 Å². The molecule has 1 heterocycles. The van der Waals surface area contributed by atoms with Crippen molar-refractivity contribution >= 4 is 21.9 Å². The number of benzene rings is 1. The fourth-order valence-corrected chi connectivity index (χ4v) is 2.51. The second kappa shape index (κ2) is 9.23. The molecule has 1 atom stereocenters. The summed E-state index contributed by atoms with van der Waals surface area (Å²) in [6, 6.07) is 7.95. The van der Waals surface area contributed by atoms with Crippen molar-refractivity contribution in [2.24, 2.45) is 0 Å². The SMILES string of the molecule is CC(C)(C)OC(=O)N1CCCC(c2ccc(N)cc2)C1.CCS(=O)(=O)O. The summed E-state index contributed by atoms with van der Waals surface area (Å²) in [6.45, 7) is 8.56. The molecule has 7 nitrogen and oxygen atoms in total. The number of rotatable bonds is 2. The van der Waals surface area contributed by atoms with Crippen LogP contribution in [0.3, 0.4) is 0 Å². The number of nitrogens with two attached hydrogens (primary N) is 1. The number of hydrogen-bond donors (Lipinski definition) is 2.